The molecule has 6 nitrogen and oxygen atoms in total. The Hall–Kier alpha value is -1.85. The second kappa shape index (κ2) is 5.64. The van der Waals surface area contributed by atoms with Gasteiger partial charge in [-0.1, -0.05) is 12.8 Å². The lowest BCUT2D eigenvalue weighted by Crippen LogP contribution is -2.45. The third-order valence-corrected chi connectivity index (χ3v) is 4.14. The first kappa shape index (κ1) is 14.6. The van der Waals surface area contributed by atoms with Crippen molar-refractivity contribution in [2.75, 3.05) is 0 Å². The Labute approximate surface area is 118 Å². The first-order chi connectivity index (χ1) is 9.41. The van der Waals surface area contributed by atoms with E-state index in [1.807, 2.05) is 6.92 Å². The number of rotatable bonds is 3. The van der Waals surface area contributed by atoms with Gasteiger partial charge in [-0.15, -0.1) is 0 Å². The number of aromatic nitrogens is 2. The van der Waals surface area contributed by atoms with Crippen molar-refractivity contribution in [2.24, 2.45) is 13.0 Å². The molecule has 110 valence electrons. The van der Waals surface area contributed by atoms with Crippen LogP contribution >= 0.6 is 0 Å². The van der Waals surface area contributed by atoms with Crippen LogP contribution in [0.3, 0.4) is 0 Å². The number of aliphatic carboxylic acids is 1. The summed E-state index contributed by atoms with van der Waals surface area (Å²) < 4.78 is 1.67. The van der Waals surface area contributed by atoms with E-state index in [9.17, 15) is 14.7 Å². The second-order valence-corrected chi connectivity index (χ2v) is 5.48. The number of aryl methyl sites for hydroxylation is 2. The standard InChI is InChI=1S/C14H21N3O3/c1-8-12(9(2)17(3)16-8)13(18)15-11-7-5-4-6-10(11)14(19)20/h10-11H,4-7H2,1-3H3,(H,15,18)(H,19,20). The molecule has 2 N–H and O–H groups in total. The summed E-state index contributed by atoms with van der Waals surface area (Å²) in [7, 11) is 1.79. The minimum atomic E-state index is -0.824. The number of nitrogens with one attached hydrogen (secondary N) is 1. The summed E-state index contributed by atoms with van der Waals surface area (Å²) in [5, 5.41) is 16.3. The third kappa shape index (κ3) is 2.69. The molecule has 1 heterocycles. The zero-order chi connectivity index (χ0) is 14.9. The maximum atomic E-state index is 12.4. The third-order valence-electron chi connectivity index (χ3n) is 4.14. The monoisotopic (exact) mass is 279 g/mol. The van der Waals surface area contributed by atoms with Gasteiger partial charge in [0.1, 0.15) is 0 Å². The Morgan fingerprint density at radius 1 is 1.30 bits per heavy atom. The van der Waals surface area contributed by atoms with E-state index in [0.29, 0.717) is 17.7 Å². The van der Waals surface area contributed by atoms with Crippen molar-refractivity contribution < 1.29 is 14.7 Å². The highest BCUT2D eigenvalue weighted by molar-refractivity contribution is 5.96. The van der Waals surface area contributed by atoms with Gasteiger partial charge in [0, 0.05) is 18.8 Å². The molecule has 1 saturated carbocycles. The van der Waals surface area contributed by atoms with Crippen LogP contribution in [0.15, 0.2) is 0 Å². The Kier molecular flexibility index (Phi) is 4.11. The summed E-state index contributed by atoms with van der Waals surface area (Å²) in [6, 6.07) is -0.284. The molecule has 6 heteroatoms. The molecule has 1 aromatic heterocycles. The Morgan fingerprint density at radius 3 is 2.50 bits per heavy atom. The van der Waals surface area contributed by atoms with E-state index in [4.69, 9.17) is 0 Å². The smallest absolute Gasteiger partial charge is 0.308 e. The Morgan fingerprint density at radius 2 is 1.95 bits per heavy atom. The zero-order valence-electron chi connectivity index (χ0n) is 12.1. The van der Waals surface area contributed by atoms with Gasteiger partial charge in [-0.2, -0.15) is 5.10 Å². The van der Waals surface area contributed by atoms with Gasteiger partial charge < -0.3 is 10.4 Å². The quantitative estimate of drug-likeness (QED) is 0.876. The molecule has 0 bridgehead atoms. The van der Waals surface area contributed by atoms with Gasteiger partial charge in [0.25, 0.3) is 5.91 Å². The van der Waals surface area contributed by atoms with Crippen molar-refractivity contribution in [3.05, 3.63) is 17.0 Å². The van der Waals surface area contributed by atoms with Crippen molar-refractivity contribution in [3.8, 4) is 0 Å². The number of amides is 1. The van der Waals surface area contributed by atoms with Crippen LogP contribution in [0.2, 0.25) is 0 Å². The summed E-state index contributed by atoms with van der Waals surface area (Å²) in [5.74, 6) is -1.52. The van der Waals surface area contributed by atoms with Crippen molar-refractivity contribution in [1.29, 1.82) is 0 Å². The fourth-order valence-corrected chi connectivity index (χ4v) is 2.94. The average Bonchev–Trinajstić information content (AvgIpc) is 2.63. The summed E-state index contributed by atoms with van der Waals surface area (Å²) in [5.41, 5.74) is 2.02. The summed E-state index contributed by atoms with van der Waals surface area (Å²) in [6.45, 7) is 3.63. The highest BCUT2D eigenvalue weighted by atomic mass is 16.4. The van der Waals surface area contributed by atoms with Gasteiger partial charge in [0.15, 0.2) is 0 Å². The molecule has 1 amide bonds. The van der Waals surface area contributed by atoms with E-state index in [-0.39, 0.29) is 11.9 Å². The van der Waals surface area contributed by atoms with E-state index in [1.165, 1.54) is 0 Å². The number of carboxylic acid groups (broad SMARTS) is 1. The van der Waals surface area contributed by atoms with Crippen LogP contribution in [0.1, 0.15) is 47.4 Å². The molecular formula is C14H21N3O3. The fourth-order valence-electron chi connectivity index (χ4n) is 2.94. The van der Waals surface area contributed by atoms with Gasteiger partial charge in [-0.05, 0) is 26.7 Å². The molecular weight excluding hydrogens is 258 g/mol. The van der Waals surface area contributed by atoms with Crippen LogP contribution in [0.25, 0.3) is 0 Å². The van der Waals surface area contributed by atoms with Crippen molar-refractivity contribution >= 4 is 11.9 Å². The maximum absolute atomic E-state index is 12.4. The summed E-state index contributed by atoms with van der Waals surface area (Å²) in [4.78, 5) is 23.6. The van der Waals surface area contributed by atoms with Gasteiger partial charge in [0.2, 0.25) is 0 Å². The van der Waals surface area contributed by atoms with Crippen molar-refractivity contribution in [2.45, 2.75) is 45.6 Å². The first-order valence-corrected chi connectivity index (χ1v) is 6.95. The topological polar surface area (TPSA) is 84.2 Å². The van der Waals surface area contributed by atoms with Crippen LogP contribution < -0.4 is 5.32 Å². The van der Waals surface area contributed by atoms with Gasteiger partial charge in [0.05, 0.1) is 17.2 Å². The number of carbonyl (C=O) groups is 2. The highest BCUT2D eigenvalue weighted by Crippen LogP contribution is 2.25. The van der Waals surface area contributed by atoms with Gasteiger partial charge in [-0.25, -0.2) is 0 Å². The molecule has 0 saturated heterocycles. The normalized spacial score (nSPS) is 22.6. The second-order valence-electron chi connectivity index (χ2n) is 5.48. The molecule has 2 rings (SSSR count). The van der Waals surface area contributed by atoms with Crippen LogP contribution in [-0.4, -0.2) is 32.8 Å². The molecule has 1 aliphatic rings. The maximum Gasteiger partial charge on any atom is 0.308 e. The zero-order valence-corrected chi connectivity index (χ0v) is 12.1. The van der Waals surface area contributed by atoms with Crippen LogP contribution in [0, 0.1) is 19.8 Å². The predicted octanol–water partition coefficient (Wildman–Crippen LogP) is 1.41. The molecule has 0 aromatic carbocycles. The Bertz CT molecular complexity index is 536. The van der Waals surface area contributed by atoms with Gasteiger partial charge >= 0.3 is 5.97 Å². The summed E-state index contributed by atoms with van der Waals surface area (Å²) in [6.07, 6.45) is 3.22. The molecule has 0 radical (unpaired) electrons. The van der Waals surface area contributed by atoms with Crippen LogP contribution in [-0.2, 0) is 11.8 Å². The molecule has 2 atom stereocenters. The van der Waals surface area contributed by atoms with E-state index < -0.39 is 11.9 Å². The molecule has 20 heavy (non-hydrogen) atoms. The number of carbonyl (C=O) groups excluding carboxylic acids is 1. The van der Waals surface area contributed by atoms with E-state index in [0.717, 1.165) is 25.0 Å². The average molecular weight is 279 g/mol. The lowest BCUT2D eigenvalue weighted by molar-refractivity contribution is -0.143. The molecule has 1 fully saturated rings. The molecule has 0 spiro atoms. The molecule has 1 aliphatic carbocycles. The minimum Gasteiger partial charge on any atom is -0.481 e. The van der Waals surface area contributed by atoms with E-state index in [2.05, 4.69) is 10.4 Å². The Balaban J connectivity index is 2.16. The summed E-state index contributed by atoms with van der Waals surface area (Å²) >= 11 is 0. The fraction of sp³-hybridized carbons (Fsp3) is 0.643. The minimum absolute atomic E-state index is 0.216. The van der Waals surface area contributed by atoms with E-state index >= 15 is 0 Å². The van der Waals surface area contributed by atoms with Crippen LogP contribution in [0.5, 0.6) is 0 Å². The van der Waals surface area contributed by atoms with E-state index in [1.54, 1.807) is 18.7 Å². The number of hydrogen-bond acceptors (Lipinski definition) is 3. The SMILES string of the molecule is Cc1nn(C)c(C)c1C(=O)NC1CCCCC1C(=O)O. The number of hydrogen-bond donors (Lipinski definition) is 2. The molecule has 2 unspecified atom stereocenters. The molecule has 0 aliphatic heterocycles. The molecule has 1 aromatic rings. The lowest BCUT2D eigenvalue weighted by Gasteiger charge is -2.29. The predicted molar refractivity (Wildman–Crippen MR) is 73.5 cm³/mol. The number of carboxylic acids is 1. The first-order valence-electron chi connectivity index (χ1n) is 6.95. The largest absolute Gasteiger partial charge is 0.481 e. The van der Waals surface area contributed by atoms with Crippen LogP contribution in [0.4, 0.5) is 0 Å². The van der Waals surface area contributed by atoms with Crippen molar-refractivity contribution in [1.82, 2.24) is 15.1 Å². The van der Waals surface area contributed by atoms with Crippen molar-refractivity contribution in [3.63, 3.8) is 0 Å². The van der Waals surface area contributed by atoms with Gasteiger partial charge in [-0.3, -0.25) is 14.3 Å². The highest BCUT2D eigenvalue weighted by Gasteiger charge is 2.32. The lowest BCUT2D eigenvalue weighted by atomic mass is 9.84. The number of nitrogens with zero attached hydrogens (tertiary/aromatic N) is 2.